The standard InChI is InChI=1S/C23H18F3N3OS2/c1-13-22(32-14(2)28-13)19-12-31-21(29-19)10-17-8-7-16(11-27-17)20(30)9-15-5-3-4-6-18(15)23(24,25)26/h3-8,11-12H,9-10H2,1-2H3. The summed E-state index contributed by atoms with van der Waals surface area (Å²) in [6.07, 6.45) is -2.91. The van der Waals surface area contributed by atoms with Crippen LogP contribution in [-0.2, 0) is 19.0 Å². The largest absolute Gasteiger partial charge is 0.416 e. The van der Waals surface area contributed by atoms with Crippen LogP contribution in [0.4, 0.5) is 13.2 Å². The van der Waals surface area contributed by atoms with E-state index in [1.54, 1.807) is 23.5 Å². The van der Waals surface area contributed by atoms with Crippen LogP contribution in [0.1, 0.15) is 42.9 Å². The number of aryl methyl sites for hydroxylation is 2. The van der Waals surface area contributed by atoms with E-state index < -0.39 is 17.5 Å². The lowest BCUT2D eigenvalue weighted by atomic mass is 9.99. The molecular weight excluding hydrogens is 455 g/mol. The van der Waals surface area contributed by atoms with Crippen molar-refractivity contribution in [1.82, 2.24) is 15.0 Å². The number of alkyl halides is 3. The van der Waals surface area contributed by atoms with E-state index in [-0.39, 0.29) is 17.5 Å². The van der Waals surface area contributed by atoms with E-state index in [0.29, 0.717) is 6.42 Å². The van der Waals surface area contributed by atoms with Crippen molar-refractivity contribution in [1.29, 1.82) is 0 Å². The zero-order chi connectivity index (χ0) is 22.9. The minimum absolute atomic E-state index is 0.0435. The highest BCUT2D eigenvalue weighted by Crippen LogP contribution is 2.33. The number of benzene rings is 1. The lowest BCUT2D eigenvalue weighted by Crippen LogP contribution is -2.13. The maximum atomic E-state index is 13.2. The van der Waals surface area contributed by atoms with Gasteiger partial charge < -0.3 is 0 Å². The van der Waals surface area contributed by atoms with Crippen molar-refractivity contribution in [2.75, 3.05) is 0 Å². The van der Waals surface area contributed by atoms with E-state index in [1.807, 2.05) is 19.2 Å². The molecule has 0 atom stereocenters. The second-order valence-electron chi connectivity index (χ2n) is 7.24. The van der Waals surface area contributed by atoms with Gasteiger partial charge in [0, 0.05) is 35.7 Å². The monoisotopic (exact) mass is 473 g/mol. The fourth-order valence-corrected chi connectivity index (χ4v) is 5.10. The van der Waals surface area contributed by atoms with Crippen LogP contribution < -0.4 is 0 Å². The molecular formula is C23H18F3N3OS2. The van der Waals surface area contributed by atoms with Crippen LogP contribution in [0.25, 0.3) is 10.6 Å². The fraction of sp³-hybridized carbons (Fsp3) is 0.217. The molecule has 4 nitrogen and oxygen atoms in total. The Morgan fingerprint density at radius 1 is 1.06 bits per heavy atom. The zero-order valence-electron chi connectivity index (χ0n) is 17.2. The third-order valence-corrected chi connectivity index (χ3v) is 6.78. The molecule has 0 amide bonds. The summed E-state index contributed by atoms with van der Waals surface area (Å²) in [5.41, 5.74) is 2.03. The van der Waals surface area contributed by atoms with Crippen LogP contribution >= 0.6 is 22.7 Å². The number of carbonyl (C=O) groups is 1. The number of hydrogen-bond acceptors (Lipinski definition) is 6. The van der Waals surface area contributed by atoms with Crippen molar-refractivity contribution in [3.63, 3.8) is 0 Å². The highest BCUT2D eigenvalue weighted by Gasteiger charge is 2.33. The van der Waals surface area contributed by atoms with Crippen molar-refractivity contribution in [2.24, 2.45) is 0 Å². The van der Waals surface area contributed by atoms with Crippen LogP contribution in [-0.4, -0.2) is 20.7 Å². The number of ketones is 1. The molecule has 32 heavy (non-hydrogen) atoms. The van der Waals surface area contributed by atoms with E-state index in [9.17, 15) is 18.0 Å². The van der Waals surface area contributed by atoms with Gasteiger partial charge in [0.05, 0.1) is 31.8 Å². The van der Waals surface area contributed by atoms with Gasteiger partial charge in [-0.3, -0.25) is 9.78 Å². The molecule has 4 aromatic rings. The van der Waals surface area contributed by atoms with Crippen LogP contribution in [0, 0.1) is 13.8 Å². The Kier molecular flexibility index (Phi) is 6.21. The zero-order valence-corrected chi connectivity index (χ0v) is 18.9. The molecule has 1 aromatic carbocycles. The maximum absolute atomic E-state index is 13.2. The van der Waals surface area contributed by atoms with Crippen LogP contribution in [0.2, 0.25) is 0 Å². The molecule has 0 fully saturated rings. The molecule has 3 heterocycles. The van der Waals surface area contributed by atoms with Crippen LogP contribution in [0.15, 0.2) is 48.0 Å². The number of aromatic nitrogens is 3. The molecule has 0 radical (unpaired) electrons. The Labute approximate surface area is 190 Å². The molecule has 0 spiro atoms. The van der Waals surface area contributed by atoms with Crippen LogP contribution in [0.5, 0.6) is 0 Å². The molecule has 3 aromatic heterocycles. The van der Waals surface area contributed by atoms with Gasteiger partial charge in [-0.2, -0.15) is 13.2 Å². The summed E-state index contributed by atoms with van der Waals surface area (Å²) < 4.78 is 39.5. The first-order chi connectivity index (χ1) is 15.2. The number of nitrogens with zero attached hydrogens (tertiary/aromatic N) is 3. The van der Waals surface area contributed by atoms with Gasteiger partial charge in [-0.25, -0.2) is 9.97 Å². The summed E-state index contributed by atoms with van der Waals surface area (Å²) >= 11 is 3.13. The third-order valence-electron chi connectivity index (χ3n) is 4.84. The molecule has 0 bridgehead atoms. The molecule has 0 unspecified atom stereocenters. The van der Waals surface area contributed by atoms with Gasteiger partial charge >= 0.3 is 6.18 Å². The van der Waals surface area contributed by atoms with Gasteiger partial charge in [0.2, 0.25) is 0 Å². The van der Waals surface area contributed by atoms with E-state index in [2.05, 4.69) is 15.0 Å². The van der Waals surface area contributed by atoms with Gasteiger partial charge in [0.15, 0.2) is 5.78 Å². The van der Waals surface area contributed by atoms with Gasteiger partial charge in [-0.05, 0) is 37.6 Å². The molecule has 9 heteroatoms. The number of halogens is 3. The highest BCUT2D eigenvalue weighted by atomic mass is 32.1. The molecule has 164 valence electrons. The van der Waals surface area contributed by atoms with Gasteiger partial charge in [0.25, 0.3) is 0 Å². The minimum atomic E-state index is -4.50. The average Bonchev–Trinajstić information content (AvgIpc) is 3.33. The average molecular weight is 474 g/mol. The van der Waals surface area contributed by atoms with E-state index in [0.717, 1.165) is 38.0 Å². The quantitative estimate of drug-likeness (QED) is 0.308. The van der Waals surface area contributed by atoms with Crippen LogP contribution in [0.3, 0.4) is 0 Å². The molecule has 0 aliphatic carbocycles. The summed E-state index contributed by atoms with van der Waals surface area (Å²) in [7, 11) is 0. The highest BCUT2D eigenvalue weighted by molar-refractivity contribution is 7.16. The summed E-state index contributed by atoms with van der Waals surface area (Å²) in [5, 5.41) is 3.87. The number of pyridine rings is 1. The van der Waals surface area contributed by atoms with Crippen molar-refractivity contribution >= 4 is 28.5 Å². The number of rotatable bonds is 6. The molecule has 0 saturated carbocycles. The smallest absolute Gasteiger partial charge is 0.294 e. The first-order valence-electron chi connectivity index (χ1n) is 9.72. The molecule has 0 saturated heterocycles. The first kappa shape index (κ1) is 22.3. The topological polar surface area (TPSA) is 55.7 Å². The van der Waals surface area contributed by atoms with Gasteiger partial charge in [-0.1, -0.05) is 18.2 Å². The Bertz CT molecular complexity index is 1260. The lowest BCUT2D eigenvalue weighted by Gasteiger charge is -2.12. The molecule has 0 aliphatic heterocycles. The van der Waals surface area contributed by atoms with Crippen molar-refractivity contribution < 1.29 is 18.0 Å². The fourth-order valence-electron chi connectivity index (χ4n) is 3.34. The second-order valence-corrected chi connectivity index (χ2v) is 9.39. The van der Waals surface area contributed by atoms with E-state index in [1.165, 1.54) is 35.7 Å². The number of thiazole rings is 2. The third kappa shape index (κ3) is 4.94. The Hall–Kier alpha value is -2.91. The first-order valence-corrected chi connectivity index (χ1v) is 11.4. The summed E-state index contributed by atoms with van der Waals surface area (Å²) in [4.78, 5) is 27.0. The minimum Gasteiger partial charge on any atom is -0.294 e. The van der Waals surface area contributed by atoms with Crippen molar-refractivity contribution in [3.05, 3.63) is 86.1 Å². The number of hydrogen-bond donors (Lipinski definition) is 0. The van der Waals surface area contributed by atoms with Gasteiger partial charge in [-0.15, -0.1) is 22.7 Å². The summed E-state index contributed by atoms with van der Waals surface area (Å²) in [6, 6.07) is 8.44. The number of Topliss-reactive ketones (excluding diaryl/α,β-unsaturated/α-hetero) is 1. The number of carbonyl (C=O) groups excluding carboxylic acids is 1. The maximum Gasteiger partial charge on any atom is 0.416 e. The molecule has 4 rings (SSSR count). The van der Waals surface area contributed by atoms with Crippen molar-refractivity contribution in [2.45, 2.75) is 32.9 Å². The lowest BCUT2D eigenvalue weighted by molar-refractivity contribution is -0.138. The molecule has 0 aliphatic rings. The summed E-state index contributed by atoms with van der Waals surface area (Å²) in [5.74, 6) is -0.409. The van der Waals surface area contributed by atoms with Crippen molar-refractivity contribution in [3.8, 4) is 10.6 Å². The Balaban J connectivity index is 1.45. The summed E-state index contributed by atoms with van der Waals surface area (Å²) in [6.45, 7) is 3.92. The van der Waals surface area contributed by atoms with E-state index in [4.69, 9.17) is 0 Å². The Morgan fingerprint density at radius 3 is 2.50 bits per heavy atom. The second kappa shape index (κ2) is 8.91. The normalized spacial score (nSPS) is 11.7. The Morgan fingerprint density at radius 2 is 1.84 bits per heavy atom. The predicted octanol–water partition coefficient (Wildman–Crippen LogP) is 6.31. The molecule has 0 N–H and O–H groups in total. The van der Waals surface area contributed by atoms with E-state index >= 15 is 0 Å². The SMILES string of the molecule is Cc1nc(C)c(-c2csc(Cc3ccc(C(=O)Cc4ccccc4C(F)(F)F)cn3)n2)s1. The van der Waals surface area contributed by atoms with Gasteiger partial charge in [0.1, 0.15) is 0 Å². The predicted molar refractivity (Wildman–Crippen MR) is 119 cm³/mol.